The van der Waals surface area contributed by atoms with E-state index in [9.17, 15) is 0 Å². The molecule has 2 rings (SSSR count). The van der Waals surface area contributed by atoms with Crippen molar-refractivity contribution in [2.45, 2.75) is 26.8 Å². The van der Waals surface area contributed by atoms with Crippen molar-refractivity contribution in [1.29, 1.82) is 0 Å². The smallest absolute Gasteiger partial charge is 0.213 e. The van der Waals surface area contributed by atoms with Crippen molar-refractivity contribution < 1.29 is 14.2 Å². The molecule has 2 aromatic rings. The minimum absolute atomic E-state index is 0.532. The summed E-state index contributed by atoms with van der Waals surface area (Å²) in [6, 6.07) is 9.34. The Balaban J connectivity index is 1.86. The third kappa shape index (κ3) is 6.44. The predicted octanol–water partition coefficient (Wildman–Crippen LogP) is 4.09. The minimum Gasteiger partial charge on any atom is -0.490 e. The third-order valence-electron chi connectivity index (χ3n) is 3.36. The van der Waals surface area contributed by atoms with Crippen LogP contribution in [-0.4, -0.2) is 31.3 Å². The van der Waals surface area contributed by atoms with Crippen molar-refractivity contribution in [2.24, 2.45) is 0 Å². The zero-order valence-corrected chi connectivity index (χ0v) is 15.5. The molecule has 136 valence electrons. The lowest BCUT2D eigenvalue weighted by Gasteiger charge is -2.15. The second-order valence-electron chi connectivity index (χ2n) is 5.37. The fraction of sp³-hybridized carbons (Fsp3) is 0.421. The van der Waals surface area contributed by atoms with E-state index in [-0.39, 0.29) is 0 Å². The van der Waals surface area contributed by atoms with Gasteiger partial charge in [0.25, 0.3) is 0 Å². The van der Waals surface area contributed by atoms with Crippen molar-refractivity contribution in [3.63, 3.8) is 0 Å². The van der Waals surface area contributed by atoms with Gasteiger partial charge < -0.3 is 19.5 Å². The van der Waals surface area contributed by atoms with E-state index in [1.165, 1.54) is 0 Å². The van der Waals surface area contributed by atoms with Crippen molar-refractivity contribution in [1.82, 2.24) is 10.3 Å². The second-order valence-corrected chi connectivity index (χ2v) is 5.77. The number of nitrogens with zero attached hydrogens (tertiary/aromatic N) is 1. The number of rotatable bonds is 11. The van der Waals surface area contributed by atoms with Crippen LogP contribution in [0.4, 0.5) is 0 Å². The standard InChI is InChI=1S/C19H25ClN2O3/c1-3-10-24-18-13-16(20)15(12-17(18)23-4-2)14-21-9-11-25-19-7-5-6-8-22-19/h5-8,12-13,21H,3-4,9-11,14H2,1-2H3. The van der Waals surface area contributed by atoms with E-state index in [0.29, 0.717) is 49.6 Å². The van der Waals surface area contributed by atoms with Gasteiger partial charge in [-0.3, -0.25) is 0 Å². The summed E-state index contributed by atoms with van der Waals surface area (Å²) in [6.07, 6.45) is 2.64. The Kier molecular flexibility index (Phi) is 8.35. The van der Waals surface area contributed by atoms with E-state index in [4.69, 9.17) is 25.8 Å². The molecule has 0 bridgehead atoms. The molecule has 0 atom stereocenters. The fourth-order valence-corrected chi connectivity index (χ4v) is 2.41. The summed E-state index contributed by atoms with van der Waals surface area (Å²) < 4.78 is 16.9. The Hall–Kier alpha value is -1.98. The van der Waals surface area contributed by atoms with Crippen LogP contribution in [0.1, 0.15) is 25.8 Å². The third-order valence-corrected chi connectivity index (χ3v) is 3.71. The topological polar surface area (TPSA) is 52.6 Å². The van der Waals surface area contributed by atoms with Crippen LogP contribution < -0.4 is 19.5 Å². The first-order valence-electron chi connectivity index (χ1n) is 8.57. The minimum atomic E-state index is 0.532. The van der Waals surface area contributed by atoms with Gasteiger partial charge in [-0.15, -0.1) is 0 Å². The average Bonchev–Trinajstić information content (AvgIpc) is 2.63. The molecule has 0 saturated heterocycles. The molecule has 1 aromatic heterocycles. The predicted molar refractivity (Wildman–Crippen MR) is 99.8 cm³/mol. The molecule has 1 N–H and O–H groups in total. The van der Waals surface area contributed by atoms with Gasteiger partial charge in [0, 0.05) is 36.4 Å². The Morgan fingerprint density at radius 2 is 1.88 bits per heavy atom. The zero-order valence-electron chi connectivity index (χ0n) is 14.8. The molecule has 0 aliphatic carbocycles. The average molecular weight is 365 g/mol. The van der Waals surface area contributed by atoms with Crippen molar-refractivity contribution in [3.05, 3.63) is 47.1 Å². The molecule has 0 unspecified atom stereocenters. The summed E-state index contributed by atoms with van der Waals surface area (Å²) in [5, 5.41) is 3.97. The first-order valence-corrected chi connectivity index (χ1v) is 8.95. The van der Waals surface area contributed by atoms with Crippen LogP contribution in [0, 0.1) is 0 Å². The molecule has 0 fully saturated rings. The number of hydrogen-bond acceptors (Lipinski definition) is 5. The van der Waals surface area contributed by atoms with E-state index in [1.807, 2.05) is 37.3 Å². The maximum atomic E-state index is 6.37. The van der Waals surface area contributed by atoms with Gasteiger partial charge in [-0.05, 0) is 31.0 Å². The highest BCUT2D eigenvalue weighted by atomic mass is 35.5. The molecule has 0 aliphatic heterocycles. The maximum Gasteiger partial charge on any atom is 0.213 e. The SMILES string of the molecule is CCCOc1cc(Cl)c(CNCCOc2ccccn2)cc1OCC. The molecule has 0 amide bonds. The summed E-state index contributed by atoms with van der Waals surface area (Å²) >= 11 is 6.37. The van der Waals surface area contributed by atoms with Gasteiger partial charge in [-0.25, -0.2) is 4.98 Å². The number of nitrogens with one attached hydrogen (secondary N) is 1. The van der Waals surface area contributed by atoms with Gasteiger partial charge in [-0.2, -0.15) is 0 Å². The summed E-state index contributed by atoms with van der Waals surface area (Å²) in [6.45, 7) is 7.07. The van der Waals surface area contributed by atoms with Crippen molar-refractivity contribution in [3.8, 4) is 17.4 Å². The van der Waals surface area contributed by atoms with Gasteiger partial charge in [0.05, 0.1) is 13.2 Å². The summed E-state index contributed by atoms with van der Waals surface area (Å²) in [5.74, 6) is 2.04. The molecule has 0 saturated carbocycles. The first kappa shape index (κ1) is 19.3. The zero-order chi connectivity index (χ0) is 17.9. The maximum absolute atomic E-state index is 6.37. The van der Waals surface area contributed by atoms with Gasteiger partial charge in [0.15, 0.2) is 11.5 Å². The van der Waals surface area contributed by atoms with Crippen LogP contribution in [0.25, 0.3) is 0 Å². The van der Waals surface area contributed by atoms with Crippen molar-refractivity contribution >= 4 is 11.6 Å². The highest BCUT2D eigenvalue weighted by molar-refractivity contribution is 6.31. The van der Waals surface area contributed by atoms with Crippen LogP contribution in [0.15, 0.2) is 36.5 Å². The van der Waals surface area contributed by atoms with Gasteiger partial charge in [0.1, 0.15) is 6.61 Å². The Morgan fingerprint density at radius 3 is 2.60 bits per heavy atom. The highest BCUT2D eigenvalue weighted by Crippen LogP contribution is 2.33. The molecule has 0 aliphatic rings. The van der Waals surface area contributed by atoms with Gasteiger partial charge in [0.2, 0.25) is 5.88 Å². The van der Waals surface area contributed by atoms with Crippen LogP contribution >= 0.6 is 11.6 Å². The van der Waals surface area contributed by atoms with E-state index in [0.717, 1.165) is 17.7 Å². The highest BCUT2D eigenvalue weighted by Gasteiger charge is 2.11. The summed E-state index contributed by atoms with van der Waals surface area (Å²) in [5.41, 5.74) is 0.965. The molecule has 0 spiro atoms. The summed E-state index contributed by atoms with van der Waals surface area (Å²) in [7, 11) is 0. The molecule has 0 radical (unpaired) electrons. The first-order chi connectivity index (χ1) is 12.2. The number of pyridine rings is 1. The van der Waals surface area contributed by atoms with Gasteiger partial charge in [-0.1, -0.05) is 24.6 Å². The van der Waals surface area contributed by atoms with Crippen LogP contribution in [-0.2, 0) is 6.54 Å². The van der Waals surface area contributed by atoms with Gasteiger partial charge >= 0.3 is 0 Å². The van der Waals surface area contributed by atoms with E-state index < -0.39 is 0 Å². The normalized spacial score (nSPS) is 10.5. The molecule has 25 heavy (non-hydrogen) atoms. The van der Waals surface area contributed by atoms with Crippen LogP contribution in [0.3, 0.4) is 0 Å². The molecule has 5 nitrogen and oxygen atoms in total. The van der Waals surface area contributed by atoms with E-state index in [2.05, 4.69) is 17.2 Å². The molecule has 1 heterocycles. The van der Waals surface area contributed by atoms with Crippen molar-refractivity contribution in [2.75, 3.05) is 26.4 Å². The number of hydrogen-bond donors (Lipinski definition) is 1. The fourth-order valence-electron chi connectivity index (χ4n) is 2.19. The number of ether oxygens (including phenoxy) is 3. The monoisotopic (exact) mass is 364 g/mol. The lowest BCUT2D eigenvalue weighted by molar-refractivity contribution is 0.276. The quantitative estimate of drug-likeness (QED) is 0.608. The number of aromatic nitrogens is 1. The van der Waals surface area contributed by atoms with E-state index in [1.54, 1.807) is 6.20 Å². The lowest BCUT2D eigenvalue weighted by Crippen LogP contribution is -2.21. The number of benzene rings is 1. The van der Waals surface area contributed by atoms with E-state index >= 15 is 0 Å². The molecular weight excluding hydrogens is 340 g/mol. The second kappa shape index (κ2) is 10.8. The Labute approximate surface area is 154 Å². The van der Waals surface area contributed by atoms with Crippen LogP contribution in [0.5, 0.6) is 17.4 Å². The lowest BCUT2D eigenvalue weighted by atomic mass is 10.2. The largest absolute Gasteiger partial charge is 0.490 e. The Bertz CT molecular complexity index is 638. The van der Waals surface area contributed by atoms with Crippen LogP contribution in [0.2, 0.25) is 5.02 Å². The molecule has 1 aromatic carbocycles. The Morgan fingerprint density at radius 1 is 1.04 bits per heavy atom. The molecular formula is C19H25ClN2O3. The summed E-state index contributed by atoms with van der Waals surface area (Å²) in [4.78, 5) is 4.11. The molecule has 6 heteroatoms. The number of halogens is 1.